The highest BCUT2D eigenvalue weighted by Crippen LogP contribution is 2.04. The van der Waals surface area contributed by atoms with E-state index in [4.69, 9.17) is 11.5 Å². The third kappa shape index (κ3) is 4.84. The zero-order chi connectivity index (χ0) is 12.1. The number of benzene rings is 1. The summed E-state index contributed by atoms with van der Waals surface area (Å²) >= 11 is 0. The van der Waals surface area contributed by atoms with E-state index >= 15 is 0 Å². The van der Waals surface area contributed by atoms with Crippen LogP contribution in [0.15, 0.2) is 24.3 Å². The van der Waals surface area contributed by atoms with Gasteiger partial charge in [-0.1, -0.05) is 12.1 Å². The standard InChI is InChI=1S/C11H15N3O2.ClH/c1-7(12)11(16)14-6-8-3-2-4-9(5-8)10(13)15;/h2-5,7H,6,12H2,1H3,(H2,13,15)(H,14,16);1H. The predicted octanol–water partition coefficient (Wildman–Crippen LogP) is 0.171. The van der Waals surface area contributed by atoms with Gasteiger partial charge in [0, 0.05) is 12.1 Å². The zero-order valence-corrected chi connectivity index (χ0v) is 10.3. The van der Waals surface area contributed by atoms with Gasteiger partial charge in [-0.2, -0.15) is 0 Å². The number of rotatable bonds is 4. The summed E-state index contributed by atoms with van der Waals surface area (Å²) in [5.41, 5.74) is 11.8. The fourth-order valence-electron chi connectivity index (χ4n) is 1.18. The first-order valence-corrected chi connectivity index (χ1v) is 4.92. The van der Waals surface area contributed by atoms with Gasteiger partial charge >= 0.3 is 0 Å². The maximum atomic E-state index is 11.2. The topological polar surface area (TPSA) is 98.2 Å². The van der Waals surface area contributed by atoms with E-state index in [0.29, 0.717) is 12.1 Å². The summed E-state index contributed by atoms with van der Waals surface area (Å²) in [6.07, 6.45) is 0. The van der Waals surface area contributed by atoms with Crippen molar-refractivity contribution < 1.29 is 9.59 Å². The van der Waals surface area contributed by atoms with Crippen molar-refractivity contribution in [2.45, 2.75) is 19.5 Å². The van der Waals surface area contributed by atoms with Gasteiger partial charge in [0.25, 0.3) is 0 Å². The third-order valence-electron chi connectivity index (χ3n) is 2.09. The van der Waals surface area contributed by atoms with Gasteiger partial charge in [0.15, 0.2) is 0 Å². The number of primary amides is 1. The van der Waals surface area contributed by atoms with Crippen LogP contribution in [0.4, 0.5) is 0 Å². The van der Waals surface area contributed by atoms with Crippen LogP contribution in [0.5, 0.6) is 0 Å². The third-order valence-corrected chi connectivity index (χ3v) is 2.09. The van der Waals surface area contributed by atoms with Gasteiger partial charge in [0.1, 0.15) is 0 Å². The second-order valence-corrected chi connectivity index (χ2v) is 3.57. The number of hydrogen-bond acceptors (Lipinski definition) is 3. The Morgan fingerprint density at radius 1 is 1.41 bits per heavy atom. The Morgan fingerprint density at radius 2 is 2.06 bits per heavy atom. The molecule has 0 aliphatic rings. The normalized spacial score (nSPS) is 11.2. The molecule has 0 radical (unpaired) electrons. The van der Waals surface area contributed by atoms with Crippen LogP contribution in [0.2, 0.25) is 0 Å². The second-order valence-electron chi connectivity index (χ2n) is 3.57. The largest absolute Gasteiger partial charge is 0.366 e. The van der Waals surface area contributed by atoms with Crippen LogP contribution in [0.25, 0.3) is 0 Å². The lowest BCUT2D eigenvalue weighted by Crippen LogP contribution is -2.37. The maximum absolute atomic E-state index is 11.2. The van der Waals surface area contributed by atoms with E-state index in [1.807, 2.05) is 0 Å². The molecule has 0 heterocycles. The second kappa shape index (κ2) is 6.88. The molecular formula is C11H16ClN3O2. The first kappa shape index (κ1) is 15.4. The van der Waals surface area contributed by atoms with Crippen molar-refractivity contribution in [1.82, 2.24) is 5.32 Å². The first-order chi connectivity index (χ1) is 7.50. The lowest BCUT2D eigenvalue weighted by Gasteiger charge is -2.08. The number of carbonyl (C=O) groups excluding carboxylic acids is 2. The van der Waals surface area contributed by atoms with E-state index in [1.165, 1.54) is 0 Å². The van der Waals surface area contributed by atoms with Crippen molar-refractivity contribution >= 4 is 24.2 Å². The highest BCUT2D eigenvalue weighted by Gasteiger charge is 2.07. The molecule has 1 unspecified atom stereocenters. The minimum Gasteiger partial charge on any atom is -0.366 e. The van der Waals surface area contributed by atoms with Gasteiger partial charge in [-0.3, -0.25) is 9.59 Å². The molecule has 0 aromatic heterocycles. The van der Waals surface area contributed by atoms with Gasteiger partial charge in [0.05, 0.1) is 6.04 Å². The average Bonchev–Trinajstić information content (AvgIpc) is 2.26. The van der Waals surface area contributed by atoms with E-state index in [0.717, 1.165) is 5.56 Å². The Morgan fingerprint density at radius 3 is 2.59 bits per heavy atom. The lowest BCUT2D eigenvalue weighted by molar-refractivity contribution is -0.122. The highest BCUT2D eigenvalue weighted by atomic mass is 35.5. The molecule has 0 saturated heterocycles. The van der Waals surface area contributed by atoms with E-state index in [1.54, 1.807) is 31.2 Å². The van der Waals surface area contributed by atoms with Gasteiger partial charge in [-0.25, -0.2) is 0 Å². The molecule has 5 nitrogen and oxygen atoms in total. The fourth-order valence-corrected chi connectivity index (χ4v) is 1.18. The van der Waals surface area contributed by atoms with E-state index in [9.17, 15) is 9.59 Å². The molecule has 1 atom stereocenters. The van der Waals surface area contributed by atoms with Crippen LogP contribution >= 0.6 is 12.4 Å². The molecule has 2 amide bonds. The molecule has 0 aliphatic carbocycles. The number of nitrogens with two attached hydrogens (primary N) is 2. The van der Waals surface area contributed by atoms with Crippen LogP contribution in [0, 0.1) is 0 Å². The number of nitrogens with one attached hydrogen (secondary N) is 1. The Bertz CT molecular complexity index is 407. The van der Waals surface area contributed by atoms with Crippen molar-refractivity contribution in [2.75, 3.05) is 0 Å². The van der Waals surface area contributed by atoms with E-state index in [2.05, 4.69) is 5.32 Å². The fraction of sp³-hybridized carbons (Fsp3) is 0.273. The molecule has 1 rings (SSSR count). The number of carbonyl (C=O) groups is 2. The smallest absolute Gasteiger partial charge is 0.248 e. The summed E-state index contributed by atoms with van der Waals surface area (Å²) in [5.74, 6) is -0.718. The van der Waals surface area contributed by atoms with Crippen molar-refractivity contribution in [3.63, 3.8) is 0 Å². The summed E-state index contributed by atoms with van der Waals surface area (Å²) in [6.45, 7) is 1.94. The summed E-state index contributed by atoms with van der Waals surface area (Å²) in [4.78, 5) is 22.1. The SMILES string of the molecule is CC(N)C(=O)NCc1cccc(C(N)=O)c1.Cl. The minimum absolute atomic E-state index is 0. The van der Waals surface area contributed by atoms with Crippen molar-refractivity contribution in [2.24, 2.45) is 11.5 Å². The molecule has 0 aliphatic heterocycles. The number of halogens is 1. The van der Waals surface area contributed by atoms with Gasteiger partial charge in [-0.15, -0.1) is 12.4 Å². The van der Waals surface area contributed by atoms with Gasteiger partial charge in [-0.05, 0) is 24.6 Å². The molecule has 94 valence electrons. The minimum atomic E-state index is -0.542. The van der Waals surface area contributed by atoms with Crippen molar-refractivity contribution in [3.8, 4) is 0 Å². The molecule has 0 saturated carbocycles. The maximum Gasteiger partial charge on any atom is 0.248 e. The van der Waals surface area contributed by atoms with Crippen LogP contribution < -0.4 is 16.8 Å². The molecule has 5 N–H and O–H groups in total. The quantitative estimate of drug-likeness (QED) is 0.717. The monoisotopic (exact) mass is 257 g/mol. The average molecular weight is 258 g/mol. The molecule has 17 heavy (non-hydrogen) atoms. The Labute approximate surface area is 106 Å². The van der Waals surface area contributed by atoms with Crippen molar-refractivity contribution in [1.29, 1.82) is 0 Å². The number of hydrogen-bond donors (Lipinski definition) is 3. The van der Waals surface area contributed by atoms with Crippen LogP contribution in [0.1, 0.15) is 22.8 Å². The molecule has 1 aromatic carbocycles. The van der Waals surface area contributed by atoms with Gasteiger partial charge in [0.2, 0.25) is 11.8 Å². The number of amides is 2. The summed E-state index contributed by atoms with van der Waals surface area (Å²) < 4.78 is 0. The predicted molar refractivity (Wildman–Crippen MR) is 67.7 cm³/mol. The van der Waals surface area contributed by atoms with Gasteiger partial charge < -0.3 is 16.8 Å². The molecular weight excluding hydrogens is 242 g/mol. The molecule has 0 spiro atoms. The Kier molecular flexibility index (Phi) is 6.23. The van der Waals surface area contributed by atoms with Crippen LogP contribution in [-0.4, -0.2) is 17.9 Å². The summed E-state index contributed by atoms with van der Waals surface area (Å²) in [7, 11) is 0. The molecule has 0 fully saturated rings. The molecule has 1 aromatic rings. The highest BCUT2D eigenvalue weighted by molar-refractivity contribution is 5.92. The van der Waals surface area contributed by atoms with Crippen molar-refractivity contribution in [3.05, 3.63) is 35.4 Å². The Hall–Kier alpha value is -1.59. The Balaban J connectivity index is 0.00000256. The molecule has 6 heteroatoms. The lowest BCUT2D eigenvalue weighted by atomic mass is 10.1. The van der Waals surface area contributed by atoms with Crippen LogP contribution in [0.3, 0.4) is 0 Å². The first-order valence-electron chi connectivity index (χ1n) is 4.92. The molecule has 0 bridgehead atoms. The van der Waals surface area contributed by atoms with E-state index in [-0.39, 0.29) is 18.3 Å². The summed E-state index contributed by atoms with van der Waals surface area (Å²) in [5, 5.41) is 2.65. The zero-order valence-electron chi connectivity index (χ0n) is 9.47. The summed E-state index contributed by atoms with van der Waals surface area (Å²) in [6, 6.07) is 6.24. The van der Waals surface area contributed by atoms with Crippen LogP contribution in [-0.2, 0) is 11.3 Å². The van der Waals surface area contributed by atoms with E-state index < -0.39 is 11.9 Å².